The highest BCUT2D eigenvalue weighted by molar-refractivity contribution is 7.98. The predicted molar refractivity (Wildman–Crippen MR) is 65.9 cm³/mol. The van der Waals surface area contributed by atoms with E-state index in [-0.39, 0.29) is 6.03 Å². The summed E-state index contributed by atoms with van der Waals surface area (Å²) in [5.41, 5.74) is 0. The van der Waals surface area contributed by atoms with Gasteiger partial charge in [-0.1, -0.05) is 13.3 Å². The molecule has 2 amide bonds. The lowest BCUT2D eigenvalue weighted by Gasteiger charge is -2.20. The lowest BCUT2D eigenvalue weighted by Crippen LogP contribution is -2.47. The summed E-state index contributed by atoms with van der Waals surface area (Å²) in [6.45, 7) is 2.50. The summed E-state index contributed by atoms with van der Waals surface area (Å²) < 4.78 is 0. The summed E-state index contributed by atoms with van der Waals surface area (Å²) in [6, 6.07) is -1.11. The SMILES string of the molecule is CCC[C@@H](NC(=O)N(C)CCSC)C(=O)O. The Labute approximate surface area is 101 Å². The highest BCUT2D eigenvalue weighted by Crippen LogP contribution is 1.99. The van der Waals surface area contributed by atoms with Crippen molar-refractivity contribution in [2.75, 3.05) is 25.6 Å². The Morgan fingerprint density at radius 1 is 1.50 bits per heavy atom. The number of hydrogen-bond acceptors (Lipinski definition) is 3. The number of carbonyl (C=O) groups excluding carboxylic acids is 1. The van der Waals surface area contributed by atoms with Gasteiger partial charge in [-0.15, -0.1) is 0 Å². The highest BCUT2D eigenvalue weighted by atomic mass is 32.2. The molecule has 6 heteroatoms. The van der Waals surface area contributed by atoms with E-state index in [2.05, 4.69) is 5.32 Å². The maximum absolute atomic E-state index is 11.6. The lowest BCUT2D eigenvalue weighted by atomic mass is 10.2. The molecule has 0 radical (unpaired) electrons. The van der Waals surface area contributed by atoms with Gasteiger partial charge < -0.3 is 15.3 Å². The summed E-state index contributed by atoms with van der Waals surface area (Å²) in [5.74, 6) is -0.136. The minimum Gasteiger partial charge on any atom is -0.480 e. The first kappa shape index (κ1) is 15.1. The molecule has 2 N–H and O–H groups in total. The van der Waals surface area contributed by atoms with E-state index in [9.17, 15) is 9.59 Å². The fourth-order valence-corrected chi connectivity index (χ4v) is 1.59. The lowest BCUT2D eigenvalue weighted by molar-refractivity contribution is -0.139. The van der Waals surface area contributed by atoms with Crippen LogP contribution in [0.5, 0.6) is 0 Å². The molecule has 0 heterocycles. The Hall–Kier alpha value is -0.910. The first-order valence-electron chi connectivity index (χ1n) is 5.26. The third-order valence-electron chi connectivity index (χ3n) is 2.15. The van der Waals surface area contributed by atoms with Crippen molar-refractivity contribution >= 4 is 23.8 Å². The molecule has 0 unspecified atom stereocenters. The van der Waals surface area contributed by atoms with Crippen molar-refractivity contribution in [1.29, 1.82) is 0 Å². The van der Waals surface area contributed by atoms with Crippen LogP contribution in [0.1, 0.15) is 19.8 Å². The minimum absolute atomic E-state index is 0.324. The highest BCUT2D eigenvalue weighted by Gasteiger charge is 2.20. The van der Waals surface area contributed by atoms with E-state index in [0.29, 0.717) is 13.0 Å². The van der Waals surface area contributed by atoms with Crippen LogP contribution in [0.15, 0.2) is 0 Å². The number of carboxylic acid groups (broad SMARTS) is 1. The van der Waals surface area contributed by atoms with Crippen molar-refractivity contribution in [1.82, 2.24) is 10.2 Å². The molecular formula is C10H20N2O3S. The molecule has 0 bridgehead atoms. The zero-order chi connectivity index (χ0) is 12.6. The van der Waals surface area contributed by atoms with Gasteiger partial charge >= 0.3 is 12.0 Å². The monoisotopic (exact) mass is 248 g/mol. The van der Waals surface area contributed by atoms with Crippen LogP contribution in [0.4, 0.5) is 4.79 Å². The number of amides is 2. The predicted octanol–water partition coefficient (Wildman–Crippen LogP) is 1.24. The standard InChI is InChI=1S/C10H20N2O3S/c1-4-5-8(9(13)14)11-10(15)12(2)6-7-16-3/h8H,4-7H2,1-3H3,(H,11,15)(H,13,14)/t8-/m1/s1. The number of hydrogen-bond donors (Lipinski definition) is 2. The molecule has 0 aliphatic carbocycles. The molecule has 0 saturated carbocycles. The molecule has 1 atom stereocenters. The first-order valence-corrected chi connectivity index (χ1v) is 6.65. The van der Waals surface area contributed by atoms with Crippen LogP contribution in [0, 0.1) is 0 Å². The maximum Gasteiger partial charge on any atom is 0.326 e. The summed E-state index contributed by atoms with van der Waals surface area (Å²) in [7, 11) is 1.66. The summed E-state index contributed by atoms with van der Waals surface area (Å²) in [4.78, 5) is 23.9. The van der Waals surface area contributed by atoms with Gasteiger partial charge in [0.05, 0.1) is 0 Å². The van der Waals surface area contributed by atoms with Crippen LogP contribution in [0.2, 0.25) is 0 Å². The number of thioether (sulfide) groups is 1. The van der Waals surface area contributed by atoms with Crippen molar-refractivity contribution < 1.29 is 14.7 Å². The van der Waals surface area contributed by atoms with Crippen molar-refractivity contribution in [3.8, 4) is 0 Å². The van der Waals surface area contributed by atoms with Crippen molar-refractivity contribution in [2.45, 2.75) is 25.8 Å². The quantitative estimate of drug-likeness (QED) is 0.711. The Kier molecular flexibility index (Phi) is 7.80. The van der Waals surface area contributed by atoms with Gasteiger partial charge in [0.25, 0.3) is 0 Å². The second kappa shape index (κ2) is 8.27. The van der Waals surface area contributed by atoms with Gasteiger partial charge in [-0.25, -0.2) is 9.59 Å². The van der Waals surface area contributed by atoms with E-state index >= 15 is 0 Å². The maximum atomic E-state index is 11.6. The van der Waals surface area contributed by atoms with Crippen LogP contribution in [0.25, 0.3) is 0 Å². The molecule has 0 spiro atoms. The van der Waals surface area contributed by atoms with Crippen LogP contribution in [-0.2, 0) is 4.79 Å². The smallest absolute Gasteiger partial charge is 0.326 e. The number of nitrogens with one attached hydrogen (secondary N) is 1. The second-order valence-electron chi connectivity index (χ2n) is 3.54. The Morgan fingerprint density at radius 2 is 2.12 bits per heavy atom. The van der Waals surface area contributed by atoms with Crippen LogP contribution < -0.4 is 5.32 Å². The van der Waals surface area contributed by atoms with Gasteiger partial charge in [-0.3, -0.25) is 0 Å². The zero-order valence-electron chi connectivity index (χ0n) is 10.0. The van der Waals surface area contributed by atoms with E-state index in [1.807, 2.05) is 13.2 Å². The van der Waals surface area contributed by atoms with E-state index in [0.717, 1.165) is 12.2 Å². The Balaban J connectivity index is 4.12. The minimum atomic E-state index is -0.978. The number of carbonyl (C=O) groups is 2. The number of urea groups is 1. The number of rotatable bonds is 7. The van der Waals surface area contributed by atoms with Crippen molar-refractivity contribution in [3.05, 3.63) is 0 Å². The normalized spacial score (nSPS) is 11.9. The summed E-state index contributed by atoms with van der Waals surface area (Å²) in [5, 5.41) is 11.4. The Bertz CT molecular complexity index is 236. The number of carboxylic acids is 1. The van der Waals surface area contributed by atoms with E-state index in [4.69, 9.17) is 5.11 Å². The zero-order valence-corrected chi connectivity index (χ0v) is 10.8. The molecule has 5 nitrogen and oxygen atoms in total. The van der Waals surface area contributed by atoms with Crippen LogP contribution in [-0.4, -0.2) is 53.6 Å². The largest absolute Gasteiger partial charge is 0.480 e. The van der Waals surface area contributed by atoms with E-state index < -0.39 is 12.0 Å². The van der Waals surface area contributed by atoms with E-state index in [1.54, 1.807) is 18.8 Å². The third kappa shape index (κ3) is 5.85. The van der Waals surface area contributed by atoms with E-state index in [1.165, 1.54) is 4.90 Å². The fraction of sp³-hybridized carbons (Fsp3) is 0.800. The first-order chi connectivity index (χ1) is 7.52. The second-order valence-corrected chi connectivity index (χ2v) is 4.53. The molecule has 0 aliphatic rings. The van der Waals surface area contributed by atoms with Gasteiger partial charge in [0.2, 0.25) is 0 Å². The number of nitrogens with zero attached hydrogens (tertiary/aromatic N) is 1. The fourth-order valence-electron chi connectivity index (χ4n) is 1.14. The topological polar surface area (TPSA) is 69.6 Å². The third-order valence-corrected chi connectivity index (χ3v) is 2.74. The van der Waals surface area contributed by atoms with Crippen LogP contribution in [0.3, 0.4) is 0 Å². The van der Waals surface area contributed by atoms with Crippen molar-refractivity contribution in [3.63, 3.8) is 0 Å². The molecule has 0 fully saturated rings. The van der Waals surface area contributed by atoms with Gasteiger partial charge in [0.15, 0.2) is 0 Å². The van der Waals surface area contributed by atoms with Crippen molar-refractivity contribution in [2.24, 2.45) is 0 Å². The molecule has 16 heavy (non-hydrogen) atoms. The molecule has 94 valence electrons. The Morgan fingerprint density at radius 3 is 2.56 bits per heavy atom. The summed E-state index contributed by atoms with van der Waals surface area (Å²) >= 11 is 1.64. The van der Waals surface area contributed by atoms with Gasteiger partial charge in [-0.2, -0.15) is 11.8 Å². The average molecular weight is 248 g/mol. The summed E-state index contributed by atoms with van der Waals surface area (Å²) in [6.07, 6.45) is 3.14. The molecule has 0 aromatic heterocycles. The number of aliphatic carboxylic acids is 1. The molecule has 0 aromatic carbocycles. The van der Waals surface area contributed by atoms with Gasteiger partial charge in [0, 0.05) is 19.3 Å². The average Bonchev–Trinajstić information content (AvgIpc) is 2.24. The molecule has 0 rings (SSSR count). The molecule has 0 aliphatic heterocycles. The molecule has 0 saturated heterocycles. The molecule has 0 aromatic rings. The van der Waals surface area contributed by atoms with Gasteiger partial charge in [-0.05, 0) is 12.7 Å². The van der Waals surface area contributed by atoms with Crippen LogP contribution >= 0.6 is 11.8 Å². The molecular weight excluding hydrogens is 228 g/mol. The van der Waals surface area contributed by atoms with Gasteiger partial charge in [0.1, 0.15) is 6.04 Å².